The number of halogens is 1. The maximum atomic E-state index is 13.5. The number of carbonyl (C=O) groups is 1. The zero-order valence-corrected chi connectivity index (χ0v) is 15.3. The lowest BCUT2D eigenvalue weighted by Gasteiger charge is -2.08. The third-order valence-electron chi connectivity index (χ3n) is 3.85. The van der Waals surface area contributed by atoms with Crippen LogP contribution in [0.5, 0.6) is 0 Å². The Bertz CT molecular complexity index is 811. The molecule has 1 amide bonds. The van der Waals surface area contributed by atoms with Gasteiger partial charge in [-0.2, -0.15) is 0 Å². The number of aryl methyl sites for hydroxylation is 1. The SMILES string of the molecule is O=C(CNS(=O)(=O)CCCc1ccccc1)NCCc1ccccc1F. The van der Waals surface area contributed by atoms with E-state index < -0.39 is 15.9 Å². The fourth-order valence-electron chi connectivity index (χ4n) is 2.46. The first-order chi connectivity index (χ1) is 12.5. The van der Waals surface area contributed by atoms with Crippen LogP contribution in [0.4, 0.5) is 4.39 Å². The number of amides is 1. The van der Waals surface area contributed by atoms with Gasteiger partial charge in [-0.05, 0) is 36.5 Å². The maximum Gasteiger partial charge on any atom is 0.235 e. The summed E-state index contributed by atoms with van der Waals surface area (Å²) in [6.45, 7) is -0.0690. The molecule has 0 saturated heterocycles. The molecule has 0 radical (unpaired) electrons. The Kier molecular flexibility index (Phi) is 7.74. The Labute approximate surface area is 153 Å². The second-order valence-corrected chi connectivity index (χ2v) is 7.85. The first-order valence-electron chi connectivity index (χ1n) is 8.48. The molecular weight excluding hydrogens is 355 g/mol. The van der Waals surface area contributed by atoms with Crippen molar-refractivity contribution in [3.8, 4) is 0 Å². The van der Waals surface area contributed by atoms with Crippen LogP contribution < -0.4 is 10.0 Å². The number of nitrogens with one attached hydrogen (secondary N) is 2. The van der Waals surface area contributed by atoms with Crippen LogP contribution in [0.15, 0.2) is 54.6 Å². The number of sulfonamides is 1. The molecule has 26 heavy (non-hydrogen) atoms. The lowest BCUT2D eigenvalue weighted by Crippen LogP contribution is -2.38. The van der Waals surface area contributed by atoms with Gasteiger partial charge in [-0.15, -0.1) is 0 Å². The molecule has 7 heteroatoms. The van der Waals surface area contributed by atoms with Crippen molar-refractivity contribution in [1.82, 2.24) is 10.0 Å². The molecule has 140 valence electrons. The molecule has 0 aliphatic heterocycles. The topological polar surface area (TPSA) is 75.3 Å². The molecule has 0 aromatic heterocycles. The number of benzene rings is 2. The van der Waals surface area contributed by atoms with Gasteiger partial charge in [-0.25, -0.2) is 17.5 Å². The van der Waals surface area contributed by atoms with Crippen LogP contribution in [0.2, 0.25) is 0 Å². The quantitative estimate of drug-likeness (QED) is 0.664. The third-order valence-corrected chi connectivity index (χ3v) is 5.26. The fraction of sp³-hybridized carbons (Fsp3) is 0.316. The van der Waals surface area contributed by atoms with Gasteiger partial charge < -0.3 is 5.32 Å². The molecule has 0 saturated carbocycles. The normalized spacial score (nSPS) is 11.3. The first-order valence-corrected chi connectivity index (χ1v) is 10.1. The van der Waals surface area contributed by atoms with E-state index in [0.717, 1.165) is 5.56 Å². The predicted molar refractivity (Wildman–Crippen MR) is 99.7 cm³/mol. The van der Waals surface area contributed by atoms with E-state index >= 15 is 0 Å². The molecule has 0 aliphatic carbocycles. The molecule has 0 atom stereocenters. The van der Waals surface area contributed by atoms with Crippen molar-refractivity contribution in [3.05, 3.63) is 71.5 Å². The molecule has 2 rings (SSSR count). The first kappa shape index (κ1) is 20.1. The average molecular weight is 378 g/mol. The van der Waals surface area contributed by atoms with Crippen LogP contribution in [0, 0.1) is 5.82 Å². The smallest absolute Gasteiger partial charge is 0.235 e. The number of rotatable bonds is 10. The minimum Gasteiger partial charge on any atom is -0.355 e. The van der Waals surface area contributed by atoms with Crippen LogP contribution in [-0.2, 0) is 27.7 Å². The van der Waals surface area contributed by atoms with Crippen LogP contribution in [0.1, 0.15) is 17.5 Å². The van der Waals surface area contributed by atoms with E-state index in [2.05, 4.69) is 10.0 Å². The van der Waals surface area contributed by atoms with Gasteiger partial charge in [0, 0.05) is 6.54 Å². The molecule has 2 aromatic carbocycles. The average Bonchev–Trinajstić information content (AvgIpc) is 2.62. The molecule has 0 bridgehead atoms. The summed E-state index contributed by atoms with van der Waals surface area (Å²) in [4.78, 5) is 11.7. The van der Waals surface area contributed by atoms with Crippen LogP contribution in [0.3, 0.4) is 0 Å². The minimum absolute atomic E-state index is 0.0373. The monoisotopic (exact) mass is 378 g/mol. The van der Waals surface area contributed by atoms with E-state index in [-0.39, 0.29) is 24.7 Å². The highest BCUT2D eigenvalue weighted by Gasteiger charge is 2.12. The zero-order valence-electron chi connectivity index (χ0n) is 14.4. The molecule has 0 spiro atoms. The van der Waals surface area contributed by atoms with Gasteiger partial charge in [0.25, 0.3) is 0 Å². The van der Waals surface area contributed by atoms with E-state index in [4.69, 9.17) is 0 Å². The largest absolute Gasteiger partial charge is 0.355 e. The van der Waals surface area contributed by atoms with Gasteiger partial charge in [0.05, 0.1) is 12.3 Å². The van der Waals surface area contributed by atoms with Crippen molar-refractivity contribution in [2.75, 3.05) is 18.8 Å². The third kappa shape index (κ3) is 7.33. The molecule has 0 unspecified atom stereocenters. The predicted octanol–water partition coefficient (Wildman–Crippen LogP) is 2.04. The molecular formula is C19H23FN2O3S. The van der Waals surface area contributed by atoms with Gasteiger partial charge >= 0.3 is 0 Å². The van der Waals surface area contributed by atoms with Crippen LogP contribution >= 0.6 is 0 Å². The molecule has 2 N–H and O–H groups in total. The number of hydrogen-bond donors (Lipinski definition) is 2. The summed E-state index contributed by atoms with van der Waals surface area (Å²) in [6, 6.07) is 16.0. The van der Waals surface area contributed by atoms with Crippen LogP contribution in [0.25, 0.3) is 0 Å². The van der Waals surface area contributed by atoms with Gasteiger partial charge in [0.2, 0.25) is 15.9 Å². The fourth-order valence-corrected chi connectivity index (χ4v) is 3.48. The summed E-state index contributed by atoms with van der Waals surface area (Å²) < 4.78 is 39.6. The van der Waals surface area contributed by atoms with Gasteiger partial charge in [0.1, 0.15) is 5.82 Å². The second-order valence-electron chi connectivity index (χ2n) is 5.92. The Morgan fingerprint density at radius 1 is 0.962 bits per heavy atom. The molecule has 5 nitrogen and oxygen atoms in total. The van der Waals surface area contributed by atoms with E-state index in [1.165, 1.54) is 6.07 Å². The maximum absolute atomic E-state index is 13.5. The highest BCUT2D eigenvalue weighted by molar-refractivity contribution is 7.89. The highest BCUT2D eigenvalue weighted by Crippen LogP contribution is 2.06. The molecule has 0 aliphatic rings. The second kappa shape index (κ2) is 10.0. The summed E-state index contributed by atoms with van der Waals surface area (Å²) in [7, 11) is -3.50. The van der Waals surface area contributed by atoms with E-state index in [0.29, 0.717) is 24.8 Å². The lowest BCUT2D eigenvalue weighted by molar-refractivity contribution is -0.119. The summed E-state index contributed by atoms with van der Waals surface area (Å²) in [6.07, 6.45) is 1.49. The minimum atomic E-state index is -3.50. The lowest BCUT2D eigenvalue weighted by atomic mass is 10.1. The zero-order chi connectivity index (χ0) is 18.8. The van der Waals surface area contributed by atoms with Crippen molar-refractivity contribution < 1.29 is 17.6 Å². The van der Waals surface area contributed by atoms with E-state index in [1.807, 2.05) is 30.3 Å². The van der Waals surface area contributed by atoms with Crippen molar-refractivity contribution in [2.24, 2.45) is 0 Å². The van der Waals surface area contributed by atoms with Gasteiger partial charge in [0.15, 0.2) is 0 Å². The Balaban J connectivity index is 1.64. The van der Waals surface area contributed by atoms with Gasteiger partial charge in [-0.3, -0.25) is 4.79 Å². The number of hydrogen-bond acceptors (Lipinski definition) is 3. The van der Waals surface area contributed by atoms with Crippen molar-refractivity contribution >= 4 is 15.9 Å². The van der Waals surface area contributed by atoms with Crippen molar-refractivity contribution in [1.29, 1.82) is 0 Å². The summed E-state index contributed by atoms with van der Waals surface area (Å²) in [5.74, 6) is -0.793. The summed E-state index contributed by atoms with van der Waals surface area (Å²) >= 11 is 0. The Morgan fingerprint density at radius 3 is 2.38 bits per heavy atom. The van der Waals surface area contributed by atoms with Crippen molar-refractivity contribution in [2.45, 2.75) is 19.3 Å². The number of carbonyl (C=O) groups excluding carboxylic acids is 1. The summed E-state index contributed by atoms with van der Waals surface area (Å²) in [5, 5.41) is 2.58. The highest BCUT2D eigenvalue weighted by atomic mass is 32.2. The summed E-state index contributed by atoms with van der Waals surface area (Å²) in [5.41, 5.74) is 1.59. The Hall–Kier alpha value is -2.25. The molecule has 0 fully saturated rings. The molecule has 0 heterocycles. The van der Waals surface area contributed by atoms with E-state index in [9.17, 15) is 17.6 Å². The van der Waals surface area contributed by atoms with E-state index in [1.54, 1.807) is 18.2 Å². The molecule has 2 aromatic rings. The van der Waals surface area contributed by atoms with Crippen molar-refractivity contribution in [3.63, 3.8) is 0 Å². The van der Waals surface area contributed by atoms with Crippen LogP contribution in [-0.4, -0.2) is 33.2 Å². The Morgan fingerprint density at radius 2 is 1.65 bits per heavy atom. The standard InChI is InChI=1S/C19H23FN2O3S/c20-18-11-5-4-10-17(18)12-13-21-19(23)15-22-26(24,25)14-6-9-16-7-2-1-3-8-16/h1-5,7-8,10-11,22H,6,9,12-15H2,(H,21,23). The van der Waals surface area contributed by atoms with Gasteiger partial charge in [-0.1, -0.05) is 48.5 Å².